The zero-order valence-corrected chi connectivity index (χ0v) is 14.9. The smallest absolute Gasteiger partial charge is 1.00 e. The first-order chi connectivity index (χ1) is 5.11. The molecule has 0 spiro atoms. The summed E-state index contributed by atoms with van der Waals surface area (Å²) in [5, 5.41) is 0. The molecular weight excluding hydrogens is 386 g/mol. The molecular formula is C9H16Cl2HfSi. The van der Waals surface area contributed by atoms with E-state index in [1.54, 1.807) is 11.1 Å². The van der Waals surface area contributed by atoms with Gasteiger partial charge in [-0.1, -0.05) is 0 Å². The monoisotopic (exact) mass is 402 g/mol. The summed E-state index contributed by atoms with van der Waals surface area (Å²) < 4.78 is 1.91. The molecule has 0 saturated carbocycles. The SMILES string of the molecule is CC1=CC[C]([Hf+2][SiH](C)C)=C1C.[Cl-].[Cl-]. The predicted octanol–water partition coefficient (Wildman–Crippen LogP) is -3.32. The molecule has 0 radical (unpaired) electrons. The van der Waals surface area contributed by atoms with Crippen molar-refractivity contribution < 1.29 is 46.9 Å². The molecule has 0 aromatic rings. The topological polar surface area (TPSA) is 0 Å². The van der Waals surface area contributed by atoms with Crippen LogP contribution in [0, 0.1) is 0 Å². The standard InChI is InChI=1S/C7H9.C2H7Si.2ClH.Hf/c1-6-4-3-5-7(6)2;1-3-2;;;/h4H,3H2,1-2H3;3H,1-2H3;2*1H;/q;;;;+2/p-2. The number of rotatable bonds is 2. The van der Waals surface area contributed by atoms with Crippen molar-refractivity contribution in [3.8, 4) is 0 Å². The molecule has 1 aliphatic carbocycles. The summed E-state index contributed by atoms with van der Waals surface area (Å²) in [5.41, 5.74) is 3.22. The van der Waals surface area contributed by atoms with Crippen LogP contribution in [0.5, 0.6) is 0 Å². The van der Waals surface area contributed by atoms with Crippen LogP contribution in [0.4, 0.5) is 0 Å². The first kappa shape index (κ1) is 16.6. The van der Waals surface area contributed by atoms with E-state index >= 15 is 0 Å². The van der Waals surface area contributed by atoms with Gasteiger partial charge in [-0.25, -0.2) is 0 Å². The van der Waals surface area contributed by atoms with Gasteiger partial charge in [0.25, 0.3) is 0 Å². The van der Waals surface area contributed by atoms with E-state index in [4.69, 9.17) is 0 Å². The molecule has 13 heavy (non-hydrogen) atoms. The van der Waals surface area contributed by atoms with Crippen LogP contribution in [-0.4, -0.2) is 5.98 Å². The third-order valence-corrected chi connectivity index (χ3v) is 15.1. The van der Waals surface area contributed by atoms with Gasteiger partial charge < -0.3 is 24.8 Å². The number of halogens is 2. The first-order valence-corrected chi connectivity index (χ1v) is 15.1. The number of hydrogen-bond donors (Lipinski definition) is 0. The minimum atomic E-state index is -0.273. The van der Waals surface area contributed by atoms with Crippen LogP contribution in [0.2, 0.25) is 13.1 Å². The van der Waals surface area contributed by atoms with Crippen LogP contribution in [-0.2, 0) is 22.1 Å². The molecule has 0 amide bonds. The molecule has 74 valence electrons. The molecule has 0 atom stereocenters. The second-order valence-corrected chi connectivity index (χ2v) is 23.8. The third-order valence-electron chi connectivity index (χ3n) is 2.12. The Hall–Kier alpha value is 1.15. The van der Waals surface area contributed by atoms with Crippen molar-refractivity contribution in [2.75, 3.05) is 0 Å². The molecule has 0 saturated heterocycles. The van der Waals surface area contributed by atoms with Gasteiger partial charge in [0.15, 0.2) is 0 Å². The number of allylic oxidation sites excluding steroid dienone is 4. The van der Waals surface area contributed by atoms with Gasteiger partial charge in [0.1, 0.15) is 0 Å². The van der Waals surface area contributed by atoms with E-state index in [1.165, 1.54) is 6.42 Å². The van der Waals surface area contributed by atoms with E-state index in [-0.39, 0.29) is 52.9 Å². The van der Waals surface area contributed by atoms with Crippen molar-refractivity contribution >= 4 is 5.98 Å². The van der Waals surface area contributed by atoms with Crippen LogP contribution in [0.15, 0.2) is 20.6 Å². The molecule has 1 aliphatic rings. The van der Waals surface area contributed by atoms with Gasteiger partial charge in [-0.3, -0.25) is 0 Å². The van der Waals surface area contributed by atoms with E-state index in [9.17, 15) is 0 Å². The maximum absolute atomic E-state index is 2.51. The molecule has 0 nitrogen and oxygen atoms in total. The van der Waals surface area contributed by atoms with E-state index in [1.807, 2.05) is 3.33 Å². The molecule has 0 bridgehead atoms. The molecule has 4 heteroatoms. The quantitative estimate of drug-likeness (QED) is 0.425. The Bertz CT molecular complexity index is 222. The van der Waals surface area contributed by atoms with Crippen LogP contribution in [0.25, 0.3) is 0 Å². The van der Waals surface area contributed by atoms with Gasteiger partial charge in [-0.05, 0) is 0 Å². The molecule has 1 rings (SSSR count). The van der Waals surface area contributed by atoms with Crippen LogP contribution >= 0.6 is 0 Å². The zero-order chi connectivity index (χ0) is 8.43. The van der Waals surface area contributed by atoms with Crippen LogP contribution in [0.1, 0.15) is 20.3 Å². The van der Waals surface area contributed by atoms with E-state index in [0.29, 0.717) is 0 Å². The van der Waals surface area contributed by atoms with Crippen molar-refractivity contribution in [1.82, 2.24) is 0 Å². The predicted molar refractivity (Wildman–Crippen MR) is 50.0 cm³/mol. The molecule has 0 aliphatic heterocycles. The van der Waals surface area contributed by atoms with E-state index in [0.717, 1.165) is 0 Å². The minimum absolute atomic E-state index is 0. The Morgan fingerprint density at radius 3 is 2.08 bits per heavy atom. The molecule has 0 aromatic heterocycles. The molecule has 0 N–H and O–H groups in total. The third kappa shape index (κ3) is 4.96. The Balaban J connectivity index is 0. The van der Waals surface area contributed by atoms with Crippen molar-refractivity contribution in [1.29, 1.82) is 0 Å². The molecule has 0 aromatic carbocycles. The van der Waals surface area contributed by atoms with E-state index in [2.05, 4.69) is 33.0 Å². The molecule has 0 heterocycles. The summed E-state index contributed by atoms with van der Waals surface area (Å²) in [6, 6.07) is 0. The van der Waals surface area contributed by atoms with Crippen molar-refractivity contribution in [3.63, 3.8) is 0 Å². The summed E-state index contributed by atoms with van der Waals surface area (Å²) in [7, 11) is 0. The van der Waals surface area contributed by atoms with Crippen LogP contribution in [0.3, 0.4) is 0 Å². The van der Waals surface area contributed by atoms with Crippen molar-refractivity contribution in [2.45, 2.75) is 33.4 Å². The van der Waals surface area contributed by atoms with Gasteiger partial charge in [-0.2, -0.15) is 0 Å². The maximum atomic E-state index is 2.51. The largest absolute Gasteiger partial charge is 1.00 e. The summed E-state index contributed by atoms with van der Waals surface area (Å²) in [6.07, 6.45) is 3.74. The van der Waals surface area contributed by atoms with Gasteiger partial charge in [0.2, 0.25) is 0 Å². The molecule has 0 unspecified atom stereocenters. The summed E-state index contributed by atoms with van der Waals surface area (Å²) in [5.74, 6) is -0.186. The van der Waals surface area contributed by atoms with Crippen molar-refractivity contribution in [2.24, 2.45) is 0 Å². The van der Waals surface area contributed by atoms with Crippen LogP contribution < -0.4 is 24.8 Å². The fourth-order valence-corrected chi connectivity index (χ4v) is 14.5. The maximum Gasteiger partial charge on any atom is -1.00 e. The van der Waals surface area contributed by atoms with Crippen molar-refractivity contribution in [3.05, 3.63) is 20.6 Å². The average molecular weight is 402 g/mol. The van der Waals surface area contributed by atoms with E-state index < -0.39 is 0 Å². The Morgan fingerprint density at radius 1 is 1.23 bits per heavy atom. The fraction of sp³-hybridized carbons (Fsp3) is 0.556. The first-order valence-electron chi connectivity index (χ1n) is 4.24. The Morgan fingerprint density at radius 2 is 1.77 bits per heavy atom. The van der Waals surface area contributed by atoms with Gasteiger partial charge in [-0.15, -0.1) is 0 Å². The number of hydrogen-bond acceptors (Lipinski definition) is 0. The van der Waals surface area contributed by atoms with Gasteiger partial charge in [0, 0.05) is 0 Å². The summed E-state index contributed by atoms with van der Waals surface area (Å²) >= 11 is -0.273. The second-order valence-electron chi connectivity index (χ2n) is 3.49. The summed E-state index contributed by atoms with van der Waals surface area (Å²) in [4.78, 5) is 0. The fourth-order valence-electron chi connectivity index (χ4n) is 1.31. The Kier molecular flexibility index (Phi) is 9.48. The average Bonchev–Trinajstić information content (AvgIpc) is 2.18. The van der Waals surface area contributed by atoms with Gasteiger partial charge in [0.05, 0.1) is 0 Å². The van der Waals surface area contributed by atoms with Gasteiger partial charge >= 0.3 is 82.0 Å². The minimum Gasteiger partial charge on any atom is -1.00 e. The molecule has 0 fully saturated rings. The Labute approximate surface area is 106 Å². The summed E-state index contributed by atoms with van der Waals surface area (Å²) in [6.45, 7) is 9.60. The zero-order valence-electron chi connectivity index (χ0n) is 8.62. The normalized spacial score (nSPS) is 14.7. The second kappa shape index (κ2) is 7.44.